The number of nitro benzene ring substituents is 1. The van der Waals surface area contributed by atoms with Crippen molar-refractivity contribution in [3.8, 4) is 0 Å². The Bertz CT molecular complexity index is 895. The van der Waals surface area contributed by atoms with Crippen molar-refractivity contribution in [1.82, 2.24) is 0 Å². The summed E-state index contributed by atoms with van der Waals surface area (Å²) >= 11 is 0. The molecule has 0 radical (unpaired) electrons. The summed E-state index contributed by atoms with van der Waals surface area (Å²) in [6.45, 7) is 8.25. The molecule has 2 atom stereocenters. The van der Waals surface area contributed by atoms with E-state index >= 15 is 0 Å². The fourth-order valence-corrected chi connectivity index (χ4v) is 3.61. The van der Waals surface area contributed by atoms with E-state index in [2.05, 4.69) is 25.2 Å². The third-order valence-electron chi connectivity index (χ3n) is 5.06. The number of amides is 1. The standard InChI is InChI=1S/C20H22N2O3/c1-12(2)11-15-18(20(15,3)4)19(23)21-16-9-10-17(22(24)25)14-8-6-5-7-13(14)16/h5-11,15,18H,1-4H3,(H,21,23)/t15-,18-/m1/s1. The largest absolute Gasteiger partial charge is 0.325 e. The number of fused-ring (bicyclic) bond motifs is 1. The van der Waals surface area contributed by atoms with Crippen molar-refractivity contribution in [2.45, 2.75) is 27.7 Å². The van der Waals surface area contributed by atoms with Gasteiger partial charge in [-0.05, 0) is 37.3 Å². The molecule has 1 aliphatic carbocycles. The van der Waals surface area contributed by atoms with E-state index in [0.717, 1.165) is 0 Å². The molecule has 0 aliphatic heterocycles. The van der Waals surface area contributed by atoms with Gasteiger partial charge in [0, 0.05) is 17.1 Å². The number of anilines is 1. The molecule has 0 bridgehead atoms. The third-order valence-corrected chi connectivity index (χ3v) is 5.06. The lowest BCUT2D eigenvalue weighted by molar-refractivity contribution is -0.383. The van der Waals surface area contributed by atoms with Crippen LogP contribution in [0.5, 0.6) is 0 Å². The zero-order valence-electron chi connectivity index (χ0n) is 14.9. The van der Waals surface area contributed by atoms with Crippen LogP contribution in [0.3, 0.4) is 0 Å². The molecule has 5 heteroatoms. The van der Waals surface area contributed by atoms with Crippen LogP contribution in [0, 0.1) is 27.4 Å². The zero-order valence-corrected chi connectivity index (χ0v) is 14.9. The average Bonchev–Trinajstić information content (AvgIpc) is 3.07. The molecular formula is C20H22N2O3. The minimum absolute atomic E-state index is 0.0356. The number of rotatable bonds is 4. The second-order valence-corrected chi connectivity index (χ2v) is 7.49. The first kappa shape index (κ1) is 17.1. The summed E-state index contributed by atoms with van der Waals surface area (Å²) in [5, 5.41) is 15.4. The molecule has 5 nitrogen and oxygen atoms in total. The second kappa shape index (κ2) is 5.99. The van der Waals surface area contributed by atoms with Crippen LogP contribution in [0.2, 0.25) is 0 Å². The summed E-state index contributed by atoms with van der Waals surface area (Å²) in [6, 6.07) is 10.1. The molecule has 0 spiro atoms. The maximum Gasteiger partial charge on any atom is 0.277 e. The lowest BCUT2D eigenvalue weighted by atomic mass is 10.1. The quantitative estimate of drug-likeness (QED) is 0.488. The van der Waals surface area contributed by atoms with Crippen molar-refractivity contribution >= 4 is 28.1 Å². The molecule has 1 N–H and O–H groups in total. The first-order valence-electron chi connectivity index (χ1n) is 8.35. The van der Waals surface area contributed by atoms with Gasteiger partial charge >= 0.3 is 0 Å². The summed E-state index contributed by atoms with van der Waals surface area (Å²) in [6.07, 6.45) is 2.15. The lowest BCUT2D eigenvalue weighted by Gasteiger charge is -2.10. The van der Waals surface area contributed by atoms with Crippen LogP contribution in [0.25, 0.3) is 10.8 Å². The van der Waals surface area contributed by atoms with E-state index in [1.807, 2.05) is 19.9 Å². The summed E-state index contributed by atoms with van der Waals surface area (Å²) in [5.41, 5.74) is 1.79. The van der Waals surface area contributed by atoms with E-state index in [0.29, 0.717) is 16.5 Å². The van der Waals surface area contributed by atoms with Gasteiger partial charge < -0.3 is 5.32 Å². The molecule has 25 heavy (non-hydrogen) atoms. The van der Waals surface area contributed by atoms with Gasteiger partial charge in [-0.3, -0.25) is 14.9 Å². The van der Waals surface area contributed by atoms with Gasteiger partial charge in [0.15, 0.2) is 0 Å². The Kier molecular flexibility index (Phi) is 4.11. The molecule has 0 heterocycles. The number of allylic oxidation sites excluding steroid dienone is 2. The van der Waals surface area contributed by atoms with E-state index in [9.17, 15) is 14.9 Å². The Hall–Kier alpha value is -2.69. The van der Waals surface area contributed by atoms with Gasteiger partial charge in [0.25, 0.3) is 5.69 Å². The number of nitrogens with one attached hydrogen (secondary N) is 1. The SMILES string of the molecule is CC(C)=C[C@@H]1[C@H](C(=O)Nc2ccc([N+](=O)[O-])c3ccccc23)C1(C)C. The fourth-order valence-electron chi connectivity index (χ4n) is 3.61. The highest BCUT2D eigenvalue weighted by Gasteiger charge is 2.60. The van der Waals surface area contributed by atoms with Crippen LogP contribution in [-0.4, -0.2) is 10.8 Å². The van der Waals surface area contributed by atoms with Gasteiger partial charge in [0.05, 0.1) is 16.2 Å². The summed E-state index contributed by atoms with van der Waals surface area (Å²) in [4.78, 5) is 23.6. The molecule has 1 aliphatic rings. The van der Waals surface area contributed by atoms with Gasteiger partial charge in [0.1, 0.15) is 0 Å². The molecule has 0 aromatic heterocycles. The summed E-state index contributed by atoms with van der Waals surface area (Å²) < 4.78 is 0. The van der Waals surface area contributed by atoms with Gasteiger partial charge in [-0.15, -0.1) is 0 Å². The molecule has 2 aromatic carbocycles. The number of carbonyl (C=O) groups excluding carboxylic acids is 1. The monoisotopic (exact) mass is 338 g/mol. The lowest BCUT2D eigenvalue weighted by Crippen LogP contribution is -2.17. The van der Waals surface area contributed by atoms with Crippen LogP contribution in [0.15, 0.2) is 48.0 Å². The number of benzene rings is 2. The Morgan fingerprint density at radius 2 is 1.80 bits per heavy atom. The topological polar surface area (TPSA) is 72.2 Å². The van der Waals surface area contributed by atoms with Crippen LogP contribution in [0.1, 0.15) is 27.7 Å². The smallest absolute Gasteiger partial charge is 0.277 e. The number of nitrogens with zero attached hydrogens (tertiary/aromatic N) is 1. The highest BCUT2D eigenvalue weighted by molar-refractivity contribution is 6.06. The molecule has 130 valence electrons. The summed E-state index contributed by atoms with van der Waals surface area (Å²) in [7, 11) is 0. The van der Waals surface area contributed by atoms with Gasteiger partial charge in [-0.25, -0.2) is 0 Å². The van der Waals surface area contributed by atoms with Crippen LogP contribution in [-0.2, 0) is 4.79 Å². The maximum atomic E-state index is 12.8. The zero-order chi connectivity index (χ0) is 18.4. The number of hydrogen-bond donors (Lipinski definition) is 1. The van der Waals surface area contributed by atoms with Crippen molar-refractivity contribution in [3.63, 3.8) is 0 Å². The highest BCUT2D eigenvalue weighted by atomic mass is 16.6. The second-order valence-electron chi connectivity index (χ2n) is 7.49. The van der Waals surface area contributed by atoms with E-state index in [4.69, 9.17) is 0 Å². The Morgan fingerprint density at radius 3 is 2.40 bits per heavy atom. The fraction of sp³-hybridized carbons (Fsp3) is 0.350. The average molecular weight is 338 g/mol. The minimum atomic E-state index is -0.400. The molecule has 2 aromatic rings. The maximum absolute atomic E-state index is 12.8. The third kappa shape index (κ3) is 3.02. The number of hydrogen-bond acceptors (Lipinski definition) is 3. The number of nitro groups is 1. The molecular weight excluding hydrogens is 316 g/mol. The first-order chi connectivity index (χ1) is 11.7. The predicted octanol–water partition coefficient (Wildman–Crippen LogP) is 4.92. The minimum Gasteiger partial charge on any atom is -0.325 e. The van der Waals surface area contributed by atoms with Crippen LogP contribution >= 0.6 is 0 Å². The molecule has 1 amide bonds. The van der Waals surface area contributed by atoms with E-state index < -0.39 is 4.92 Å². The van der Waals surface area contributed by atoms with Crippen molar-refractivity contribution in [3.05, 3.63) is 58.2 Å². The molecule has 1 saturated carbocycles. The molecule has 0 unspecified atom stereocenters. The highest BCUT2D eigenvalue weighted by Crippen LogP contribution is 2.59. The number of carbonyl (C=O) groups is 1. The summed E-state index contributed by atoms with van der Waals surface area (Å²) in [5.74, 6) is 0.102. The molecule has 0 saturated heterocycles. The van der Waals surface area contributed by atoms with Crippen LogP contribution in [0.4, 0.5) is 11.4 Å². The van der Waals surface area contributed by atoms with Crippen molar-refractivity contribution in [1.29, 1.82) is 0 Å². The van der Waals surface area contributed by atoms with Crippen molar-refractivity contribution < 1.29 is 9.72 Å². The Labute approximate surface area is 146 Å². The van der Waals surface area contributed by atoms with Gasteiger partial charge in [-0.2, -0.15) is 0 Å². The van der Waals surface area contributed by atoms with E-state index in [-0.39, 0.29) is 28.8 Å². The van der Waals surface area contributed by atoms with Crippen molar-refractivity contribution in [2.24, 2.45) is 17.3 Å². The van der Waals surface area contributed by atoms with Gasteiger partial charge in [-0.1, -0.05) is 43.7 Å². The van der Waals surface area contributed by atoms with Gasteiger partial charge in [0.2, 0.25) is 5.91 Å². The molecule has 3 rings (SSSR count). The molecule has 1 fully saturated rings. The number of non-ortho nitro benzene ring substituents is 1. The van der Waals surface area contributed by atoms with E-state index in [1.165, 1.54) is 11.6 Å². The predicted molar refractivity (Wildman–Crippen MR) is 99.4 cm³/mol. The Morgan fingerprint density at radius 1 is 1.16 bits per heavy atom. The van der Waals surface area contributed by atoms with Crippen molar-refractivity contribution in [2.75, 3.05) is 5.32 Å². The Balaban J connectivity index is 1.92. The first-order valence-corrected chi connectivity index (χ1v) is 8.35. The normalized spacial score (nSPS) is 20.8. The van der Waals surface area contributed by atoms with E-state index in [1.54, 1.807) is 24.3 Å². The van der Waals surface area contributed by atoms with Crippen LogP contribution < -0.4 is 5.32 Å².